The normalized spacial score (nSPS) is 13.8. The van der Waals surface area contributed by atoms with E-state index < -0.39 is 5.91 Å². The number of anilines is 1. The van der Waals surface area contributed by atoms with Crippen molar-refractivity contribution in [2.24, 2.45) is 0 Å². The molecular formula is C26H24N2O5. The van der Waals surface area contributed by atoms with Gasteiger partial charge in [-0.15, -0.1) is 0 Å². The van der Waals surface area contributed by atoms with Gasteiger partial charge in [0.1, 0.15) is 18.0 Å². The molecule has 1 aliphatic heterocycles. The fourth-order valence-corrected chi connectivity index (χ4v) is 3.51. The van der Waals surface area contributed by atoms with E-state index in [-0.39, 0.29) is 24.8 Å². The number of ether oxygens (including phenoxy) is 3. The van der Waals surface area contributed by atoms with Crippen molar-refractivity contribution in [3.05, 3.63) is 89.7 Å². The van der Waals surface area contributed by atoms with Crippen LogP contribution in [0.1, 0.15) is 11.1 Å². The summed E-state index contributed by atoms with van der Waals surface area (Å²) < 4.78 is 16.4. The van der Waals surface area contributed by atoms with Crippen molar-refractivity contribution in [1.82, 2.24) is 5.32 Å². The smallest absolute Gasteiger partial charge is 0.294 e. The fourth-order valence-electron chi connectivity index (χ4n) is 3.51. The number of carbonyl (C=O) groups is 2. The number of methoxy groups -OCH3 is 2. The van der Waals surface area contributed by atoms with Crippen LogP contribution in [-0.4, -0.2) is 32.6 Å². The lowest BCUT2D eigenvalue weighted by molar-refractivity contribution is -0.123. The van der Waals surface area contributed by atoms with Crippen LogP contribution >= 0.6 is 0 Å². The molecule has 33 heavy (non-hydrogen) atoms. The predicted octanol–water partition coefficient (Wildman–Crippen LogP) is 3.79. The second-order valence-electron chi connectivity index (χ2n) is 7.33. The summed E-state index contributed by atoms with van der Waals surface area (Å²) in [5.41, 5.74) is 2.17. The van der Waals surface area contributed by atoms with Crippen molar-refractivity contribution < 1.29 is 23.8 Å². The zero-order valence-electron chi connectivity index (χ0n) is 18.4. The first-order chi connectivity index (χ1) is 16.1. The first-order valence-corrected chi connectivity index (χ1v) is 10.4. The van der Waals surface area contributed by atoms with Crippen molar-refractivity contribution in [3.8, 4) is 17.2 Å². The molecule has 7 heteroatoms. The van der Waals surface area contributed by atoms with Crippen molar-refractivity contribution in [2.45, 2.75) is 6.54 Å². The molecule has 0 atom stereocenters. The van der Waals surface area contributed by atoms with Gasteiger partial charge in [-0.1, -0.05) is 42.5 Å². The molecule has 168 valence electrons. The third-order valence-electron chi connectivity index (χ3n) is 5.22. The van der Waals surface area contributed by atoms with Crippen LogP contribution in [0.15, 0.2) is 78.6 Å². The Morgan fingerprint density at radius 3 is 2.45 bits per heavy atom. The monoisotopic (exact) mass is 444 g/mol. The summed E-state index contributed by atoms with van der Waals surface area (Å²) in [5.74, 6) is 1.36. The molecule has 0 saturated heterocycles. The number of hydrogen-bond acceptors (Lipinski definition) is 5. The highest BCUT2D eigenvalue weighted by Crippen LogP contribution is 2.35. The SMILES string of the molecule is COc1ccc(C=C2Oc3ccccc3N(CC(=O)NCc3ccccc3OC)C2=O)cc1. The molecule has 2 amide bonds. The van der Waals surface area contributed by atoms with Gasteiger partial charge >= 0.3 is 0 Å². The average molecular weight is 444 g/mol. The zero-order chi connectivity index (χ0) is 23.2. The number of nitrogens with zero attached hydrogens (tertiary/aromatic N) is 1. The minimum absolute atomic E-state index is 0.136. The Kier molecular flexibility index (Phi) is 6.59. The average Bonchev–Trinajstić information content (AvgIpc) is 2.86. The van der Waals surface area contributed by atoms with Crippen LogP contribution in [0.4, 0.5) is 5.69 Å². The largest absolute Gasteiger partial charge is 0.497 e. The summed E-state index contributed by atoms with van der Waals surface area (Å²) in [6, 6.07) is 21.9. The van der Waals surface area contributed by atoms with Crippen molar-refractivity contribution in [3.63, 3.8) is 0 Å². The summed E-state index contributed by atoms with van der Waals surface area (Å²) in [6.07, 6.45) is 1.65. The minimum atomic E-state index is -0.392. The van der Waals surface area contributed by atoms with E-state index >= 15 is 0 Å². The lowest BCUT2D eigenvalue weighted by atomic mass is 10.1. The molecule has 0 radical (unpaired) electrons. The molecule has 0 aromatic heterocycles. The van der Waals surface area contributed by atoms with Crippen molar-refractivity contribution in [2.75, 3.05) is 25.7 Å². The molecule has 0 aliphatic carbocycles. The number of nitrogens with one attached hydrogen (secondary N) is 1. The number of carbonyl (C=O) groups excluding carboxylic acids is 2. The van der Waals surface area contributed by atoms with E-state index in [1.165, 1.54) is 4.90 Å². The van der Waals surface area contributed by atoms with E-state index in [2.05, 4.69) is 5.32 Å². The van der Waals surface area contributed by atoms with Crippen LogP contribution in [-0.2, 0) is 16.1 Å². The molecule has 7 nitrogen and oxygen atoms in total. The maximum atomic E-state index is 13.2. The third-order valence-corrected chi connectivity index (χ3v) is 5.22. The van der Waals surface area contributed by atoms with Gasteiger partial charge in [0.05, 0.1) is 19.9 Å². The number of para-hydroxylation sites is 3. The molecule has 0 saturated carbocycles. The van der Waals surface area contributed by atoms with E-state index in [9.17, 15) is 9.59 Å². The second kappa shape index (κ2) is 9.91. The van der Waals surface area contributed by atoms with E-state index in [1.54, 1.807) is 50.6 Å². The van der Waals surface area contributed by atoms with Gasteiger partial charge in [0.2, 0.25) is 5.91 Å². The molecule has 3 aromatic rings. The van der Waals surface area contributed by atoms with Crippen molar-refractivity contribution in [1.29, 1.82) is 0 Å². The summed E-state index contributed by atoms with van der Waals surface area (Å²) in [5, 5.41) is 2.86. The standard InChI is InChI=1S/C26H24N2O5/c1-31-20-13-11-18(12-14-20)15-24-26(30)28(21-8-4-6-10-23(21)33-24)17-25(29)27-16-19-7-3-5-9-22(19)32-2/h3-15H,16-17H2,1-2H3,(H,27,29). The molecule has 0 unspecified atom stereocenters. The van der Waals surface area contributed by atoms with Gasteiger partial charge < -0.3 is 19.5 Å². The van der Waals surface area contributed by atoms with Crippen LogP contribution in [0.25, 0.3) is 6.08 Å². The van der Waals surface area contributed by atoms with Crippen LogP contribution in [0.5, 0.6) is 17.2 Å². The molecule has 4 rings (SSSR count). The van der Waals surface area contributed by atoms with E-state index in [4.69, 9.17) is 14.2 Å². The van der Waals surface area contributed by atoms with Gasteiger partial charge in [0, 0.05) is 12.1 Å². The number of hydrogen-bond donors (Lipinski definition) is 1. The fraction of sp³-hybridized carbons (Fsp3) is 0.154. The summed E-state index contributed by atoms with van der Waals surface area (Å²) >= 11 is 0. The van der Waals surface area contributed by atoms with E-state index in [1.807, 2.05) is 42.5 Å². The summed E-state index contributed by atoms with van der Waals surface area (Å²) in [4.78, 5) is 27.4. The Balaban J connectivity index is 1.53. The highest BCUT2D eigenvalue weighted by atomic mass is 16.5. The molecule has 1 aliphatic rings. The molecular weight excluding hydrogens is 420 g/mol. The summed E-state index contributed by atoms with van der Waals surface area (Å²) in [6.45, 7) is 0.145. The molecule has 0 spiro atoms. The number of fused-ring (bicyclic) bond motifs is 1. The quantitative estimate of drug-likeness (QED) is 0.561. The Bertz CT molecular complexity index is 1190. The maximum Gasteiger partial charge on any atom is 0.294 e. The van der Waals surface area contributed by atoms with Gasteiger partial charge in [-0.3, -0.25) is 14.5 Å². The molecule has 1 heterocycles. The van der Waals surface area contributed by atoms with Gasteiger partial charge in [-0.2, -0.15) is 0 Å². The highest BCUT2D eigenvalue weighted by Gasteiger charge is 2.31. The van der Waals surface area contributed by atoms with Gasteiger partial charge in [-0.05, 0) is 42.0 Å². The Morgan fingerprint density at radius 1 is 0.970 bits per heavy atom. The number of amides is 2. The van der Waals surface area contributed by atoms with Gasteiger partial charge in [-0.25, -0.2) is 0 Å². The van der Waals surface area contributed by atoms with E-state index in [0.29, 0.717) is 22.9 Å². The Labute approximate surface area is 192 Å². The topological polar surface area (TPSA) is 77.1 Å². The van der Waals surface area contributed by atoms with E-state index in [0.717, 1.165) is 11.1 Å². The first-order valence-electron chi connectivity index (χ1n) is 10.4. The predicted molar refractivity (Wildman–Crippen MR) is 125 cm³/mol. The highest BCUT2D eigenvalue weighted by molar-refractivity contribution is 6.12. The van der Waals surface area contributed by atoms with Crippen LogP contribution in [0.2, 0.25) is 0 Å². The number of benzene rings is 3. The van der Waals surface area contributed by atoms with Crippen molar-refractivity contribution >= 4 is 23.6 Å². The lowest BCUT2D eigenvalue weighted by Gasteiger charge is -2.30. The van der Waals surface area contributed by atoms with Gasteiger partial charge in [0.15, 0.2) is 11.5 Å². The third kappa shape index (κ3) is 4.98. The summed E-state index contributed by atoms with van der Waals surface area (Å²) in [7, 11) is 3.18. The second-order valence-corrected chi connectivity index (χ2v) is 7.33. The van der Waals surface area contributed by atoms with Crippen LogP contribution in [0, 0.1) is 0 Å². The molecule has 3 aromatic carbocycles. The molecule has 0 fully saturated rings. The van der Waals surface area contributed by atoms with Crippen LogP contribution in [0.3, 0.4) is 0 Å². The lowest BCUT2D eigenvalue weighted by Crippen LogP contribution is -2.44. The molecule has 0 bridgehead atoms. The van der Waals surface area contributed by atoms with Crippen LogP contribution < -0.4 is 24.4 Å². The zero-order valence-corrected chi connectivity index (χ0v) is 18.4. The Hall–Kier alpha value is -4.26. The molecule has 1 N–H and O–H groups in total. The first kappa shape index (κ1) is 22.0. The minimum Gasteiger partial charge on any atom is -0.497 e. The Morgan fingerprint density at radius 2 is 1.70 bits per heavy atom. The van der Waals surface area contributed by atoms with Gasteiger partial charge in [0.25, 0.3) is 5.91 Å². The maximum absolute atomic E-state index is 13.2. The number of rotatable bonds is 7.